The molecule has 0 bridgehead atoms. The number of hydrogen-bond acceptors (Lipinski definition) is 6. The summed E-state index contributed by atoms with van der Waals surface area (Å²) in [6.45, 7) is 2.47. The third-order valence-electron chi connectivity index (χ3n) is 5.86. The molecule has 1 unspecified atom stereocenters. The number of carbonyl (C=O) groups excluding carboxylic acids is 2. The van der Waals surface area contributed by atoms with Gasteiger partial charge in [-0.25, -0.2) is 9.37 Å². The second-order valence-electron chi connectivity index (χ2n) is 7.71. The number of rotatable bonds is 5. The maximum atomic E-state index is 13.1. The zero-order chi connectivity index (χ0) is 20.4. The molecule has 0 spiro atoms. The molecular formula is C21H25FN4O2S. The lowest BCUT2D eigenvalue weighted by Crippen LogP contribution is -2.49. The topological polar surface area (TPSA) is 88.3 Å². The first-order chi connectivity index (χ1) is 14.0. The van der Waals surface area contributed by atoms with Crippen molar-refractivity contribution in [1.82, 2.24) is 15.2 Å². The summed E-state index contributed by atoms with van der Waals surface area (Å²) in [5, 5.41) is 5.78. The minimum Gasteiger partial charge on any atom is -0.332 e. The zero-order valence-electron chi connectivity index (χ0n) is 16.1. The van der Waals surface area contributed by atoms with Gasteiger partial charge in [0.1, 0.15) is 16.5 Å². The molecule has 1 aromatic heterocycles. The highest BCUT2D eigenvalue weighted by atomic mass is 32.1. The number of hydrogen-bond donors (Lipinski definition) is 2. The van der Waals surface area contributed by atoms with Crippen LogP contribution in [0, 0.1) is 11.7 Å². The van der Waals surface area contributed by atoms with Crippen LogP contribution in [0.4, 0.5) is 4.39 Å². The van der Waals surface area contributed by atoms with E-state index in [4.69, 9.17) is 5.73 Å². The number of benzene rings is 1. The highest BCUT2D eigenvalue weighted by molar-refractivity contribution is 7.10. The van der Waals surface area contributed by atoms with Crippen molar-refractivity contribution < 1.29 is 14.0 Å². The van der Waals surface area contributed by atoms with Crippen LogP contribution in [-0.4, -0.2) is 47.3 Å². The minimum atomic E-state index is -0.488. The number of nitrogens with two attached hydrogens (primary N) is 1. The number of piperidine rings is 1. The summed E-state index contributed by atoms with van der Waals surface area (Å²) in [4.78, 5) is 32.1. The van der Waals surface area contributed by atoms with Crippen molar-refractivity contribution in [2.24, 2.45) is 11.7 Å². The van der Waals surface area contributed by atoms with E-state index in [2.05, 4.69) is 10.3 Å². The standard InChI is InChI=1S/C21H25FN4O2S/c22-15-5-3-14(4-6-15)19(27)16-12-29-20(25-16)17-2-1-11-26(17)21(28)18(23)13-7-9-24-10-8-13/h3-6,12-13,17-18,24H,1-2,7-11,23H2/t17-,18?/m0/s1. The second-order valence-corrected chi connectivity index (χ2v) is 8.60. The molecule has 2 saturated heterocycles. The van der Waals surface area contributed by atoms with Crippen molar-refractivity contribution >= 4 is 23.0 Å². The molecule has 2 aliphatic heterocycles. The van der Waals surface area contributed by atoms with E-state index in [9.17, 15) is 14.0 Å². The van der Waals surface area contributed by atoms with Gasteiger partial charge in [0.05, 0.1) is 12.1 Å². The van der Waals surface area contributed by atoms with Gasteiger partial charge in [-0.2, -0.15) is 0 Å². The third-order valence-corrected chi connectivity index (χ3v) is 6.80. The molecule has 3 heterocycles. The molecular weight excluding hydrogens is 391 g/mol. The van der Waals surface area contributed by atoms with Gasteiger partial charge in [0.15, 0.2) is 0 Å². The maximum Gasteiger partial charge on any atom is 0.240 e. The van der Waals surface area contributed by atoms with Crippen LogP contribution in [0.3, 0.4) is 0 Å². The summed E-state index contributed by atoms with van der Waals surface area (Å²) in [6, 6.07) is 4.83. The van der Waals surface area contributed by atoms with Crippen LogP contribution in [0.25, 0.3) is 0 Å². The van der Waals surface area contributed by atoms with Crippen molar-refractivity contribution in [1.29, 1.82) is 0 Å². The molecule has 8 heteroatoms. The number of halogens is 1. The Kier molecular flexibility index (Phi) is 6.03. The van der Waals surface area contributed by atoms with Gasteiger partial charge >= 0.3 is 0 Å². The van der Waals surface area contributed by atoms with Gasteiger partial charge < -0.3 is 16.0 Å². The van der Waals surface area contributed by atoms with Crippen LogP contribution in [-0.2, 0) is 4.79 Å². The van der Waals surface area contributed by atoms with E-state index < -0.39 is 6.04 Å². The number of likely N-dealkylation sites (tertiary alicyclic amines) is 1. The average molecular weight is 417 g/mol. The zero-order valence-corrected chi connectivity index (χ0v) is 17.0. The van der Waals surface area contributed by atoms with Crippen LogP contribution in [0.1, 0.15) is 52.8 Å². The van der Waals surface area contributed by atoms with Crippen LogP contribution in [0.2, 0.25) is 0 Å². The number of nitrogens with one attached hydrogen (secondary N) is 1. The summed E-state index contributed by atoms with van der Waals surface area (Å²) >= 11 is 1.39. The van der Waals surface area contributed by atoms with Crippen molar-refractivity contribution in [3.8, 4) is 0 Å². The van der Waals surface area contributed by atoms with Crippen molar-refractivity contribution in [2.45, 2.75) is 37.8 Å². The van der Waals surface area contributed by atoms with Crippen LogP contribution in [0.15, 0.2) is 29.6 Å². The van der Waals surface area contributed by atoms with E-state index in [-0.39, 0.29) is 29.5 Å². The first-order valence-electron chi connectivity index (χ1n) is 10.1. The largest absolute Gasteiger partial charge is 0.332 e. The van der Waals surface area contributed by atoms with Crippen LogP contribution < -0.4 is 11.1 Å². The normalized spacial score (nSPS) is 21.3. The average Bonchev–Trinajstić information content (AvgIpc) is 3.43. The van der Waals surface area contributed by atoms with Crippen molar-refractivity contribution in [2.75, 3.05) is 19.6 Å². The van der Waals surface area contributed by atoms with E-state index >= 15 is 0 Å². The summed E-state index contributed by atoms with van der Waals surface area (Å²) in [5.74, 6) is -0.432. The maximum absolute atomic E-state index is 13.1. The minimum absolute atomic E-state index is 0.0130. The Bertz CT molecular complexity index is 879. The fourth-order valence-electron chi connectivity index (χ4n) is 4.18. The molecule has 1 amide bonds. The molecule has 0 radical (unpaired) electrons. The highest BCUT2D eigenvalue weighted by Crippen LogP contribution is 2.35. The van der Waals surface area contributed by atoms with E-state index in [0.29, 0.717) is 17.8 Å². The fourth-order valence-corrected chi connectivity index (χ4v) is 5.12. The summed E-state index contributed by atoms with van der Waals surface area (Å²) in [6.07, 6.45) is 3.55. The van der Waals surface area contributed by atoms with Gasteiger partial charge in [0.2, 0.25) is 11.7 Å². The Labute approximate surface area is 173 Å². The third kappa shape index (κ3) is 4.24. The van der Waals surface area contributed by atoms with Gasteiger partial charge in [-0.05, 0) is 69.0 Å². The van der Waals surface area contributed by atoms with E-state index in [0.717, 1.165) is 43.8 Å². The molecule has 2 atom stereocenters. The summed E-state index contributed by atoms with van der Waals surface area (Å²) in [7, 11) is 0. The predicted octanol–water partition coefficient (Wildman–Crippen LogP) is 2.50. The number of nitrogens with zero attached hydrogens (tertiary/aromatic N) is 2. The Balaban J connectivity index is 1.48. The summed E-state index contributed by atoms with van der Waals surface area (Å²) < 4.78 is 13.1. The molecule has 0 aliphatic carbocycles. The summed E-state index contributed by atoms with van der Waals surface area (Å²) in [5.41, 5.74) is 7.06. The lowest BCUT2D eigenvalue weighted by Gasteiger charge is -2.32. The Morgan fingerprint density at radius 1 is 1.21 bits per heavy atom. The molecule has 0 saturated carbocycles. The smallest absolute Gasteiger partial charge is 0.240 e. The van der Waals surface area contributed by atoms with Gasteiger partial charge in [0.25, 0.3) is 0 Å². The van der Waals surface area contributed by atoms with E-state index in [1.54, 1.807) is 5.38 Å². The molecule has 2 aliphatic rings. The van der Waals surface area contributed by atoms with Gasteiger partial charge in [-0.1, -0.05) is 0 Å². The molecule has 2 fully saturated rings. The van der Waals surface area contributed by atoms with Gasteiger partial charge in [0, 0.05) is 17.5 Å². The van der Waals surface area contributed by atoms with Crippen LogP contribution >= 0.6 is 11.3 Å². The Morgan fingerprint density at radius 3 is 2.66 bits per heavy atom. The molecule has 3 N–H and O–H groups in total. The number of amides is 1. The molecule has 1 aromatic carbocycles. The molecule has 6 nitrogen and oxygen atoms in total. The van der Waals surface area contributed by atoms with Crippen LogP contribution in [0.5, 0.6) is 0 Å². The van der Waals surface area contributed by atoms with Gasteiger partial charge in [-0.15, -0.1) is 11.3 Å². The number of thiazole rings is 1. The van der Waals surface area contributed by atoms with Gasteiger partial charge in [-0.3, -0.25) is 9.59 Å². The Hall–Kier alpha value is -2.16. The van der Waals surface area contributed by atoms with Crippen molar-refractivity contribution in [3.63, 3.8) is 0 Å². The lowest BCUT2D eigenvalue weighted by molar-refractivity contribution is -0.135. The first-order valence-corrected chi connectivity index (χ1v) is 10.9. The van der Waals surface area contributed by atoms with Crippen molar-refractivity contribution in [3.05, 3.63) is 51.7 Å². The molecule has 154 valence electrons. The lowest BCUT2D eigenvalue weighted by atomic mass is 9.90. The monoisotopic (exact) mass is 416 g/mol. The molecule has 29 heavy (non-hydrogen) atoms. The quantitative estimate of drug-likeness (QED) is 0.731. The van der Waals surface area contributed by atoms with E-state index in [1.165, 1.54) is 35.6 Å². The number of carbonyl (C=O) groups is 2. The SMILES string of the molecule is NC(C(=O)N1CCC[C@H]1c1nc(C(=O)c2ccc(F)cc2)cs1)C1CCNCC1. The number of aromatic nitrogens is 1. The highest BCUT2D eigenvalue weighted by Gasteiger charge is 2.37. The molecule has 4 rings (SSSR count). The number of ketones is 1. The first kappa shape index (κ1) is 20.1. The fraction of sp³-hybridized carbons (Fsp3) is 0.476. The predicted molar refractivity (Wildman–Crippen MR) is 109 cm³/mol. The van der Waals surface area contributed by atoms with E-state index in [1.807, 2.05) is 4.90 Å². The Morgan fingerprint density at radius 2 is 1.93 bits per heavy atom. The second kappa shape index (κ2) is 8.69. The molecule has 2 aromatic rings.